The van der Waals surface area contributed by atoms with E-state index in [1.165, 1.54) is 0 Å². The van der Waals surface area contributed by atoms with E-state index in [1.54, 1.807) is 0 Å². The Morgan fingerprint density at radius 2 is 1.84 bits per heavy atom. The van der Waals surface area contributed by atoms with E-state index < -0.39 is 5.97 Å². The summed E-state index contributed by atoms with van der Waals surface area (Å²) in [5.41, 5.74) is 0.136. The van der Waals surface area contributed by atoms with Crippen LogP contribution in [0.1, 0.15) is 53.9 Å². The van der Waals surface area contributed by atoms with Crippen LogP contribution in [0, 0.1) is 11.3 Å². The lowest BCUT2D eigenvalue weighted by Gasteiger charge is -2.27. The molecule has 0 bridgehead atoms. The molecule has 3 N–H and O–H groups in total. The molecule has 5 nitrogen and oxygen atoms in total. The first-order valence-corrected chi connectivity index (χ1v) is 6.93. The predicted octanol–water partition coefficient (Wildman–Crippen LogP) is 2.61. The van der Waals surface area contributed by atoms with E-state index in [2.05, 4.69) is 38.3 Å². The summed E-state index contributed by atoms with van der Waals surface area (Å²) in [5, 5.41) is 14.3. The van der Waals surface area contributed by atoms with E-state index in [1.807, 2.05) is 6.92 Å². The number of hydrogen-bond donors (Lipinski definition) is 3. The summed E-state index contributed by atoms with van der Waals surface area (Å²) in [6, 6.07) is -0.580. The van der Waals surface area contributed by atoms with Gasteiger partial charge in [0.2, 0.25) is 0 Å². The van der Waals surface area contributed by atoms with Crippen molar-refractivity contribution in [2.45, 2.75) is 59.9 Å². The highest BCUT2D eigenvalue weighted by molar-refractivity contribution is 5.75. The summed E-state index contributed by atoms with van der Waals surface area (Å²) >= 11 is 0. The van der Waals surface area contributed by atoms with Crippen molar-refractivity contribution >= 4 is 12.0 Å². The van der Waals surface area contributed by atoms with Gasteiger partial charge in [-0.15, -0.1) is 0 Å². The monoisotopic (exact) mass is 272 g/mol. The smallest absolute Gasteiger partial charge is 0.315 e. The number of hydrogen-bond acceptors (Lipinski definition) is 2. The molecule has 112 valence electrons. The van der Waals surface area contributed by atoms with Gasteiger partial charge in [0.1, 0.15) is 0 Å². The lowest BCUT2D eigenvalue weighted by molar-refractivity contribution is -0.137. The van der Waals surface area contributed by atoms with Gasteiger partial charge in [-0.3, -0.25) is 4.79 Å². The molecule has 0 aromatic rings. The quantitative estimate of drug-likeness (QED) is 0.666. The molecule has 0 saturated carbocycles. The van der Waals surface area contributed by atoms with Gasteiger partial charge < -0.3 is 15.7 Å². The molecule has 0 aromatic heterocycles. The van der Waals surface area contributed by atoms with Gasteiger partial charge in [-0.25, -0.2) is 4.79 Å². The number of carboxylic acids is 1. The average molecular weight is 272 g/mol. The summed E-state index contributed by atoms with van der Waals surface area (Å²) in [7, 11) is 0. The number of urea groups is 1. The Hall–Kier alpha value is -1.26. The van der Waals surface area contributed by atoms with Crippen LogP contribution in [-0.4, -0.2) is 29.7 Å². The van der Waals surface area contributed by atoms with E-state index in [0.29, 0.717) is 18.9 Å². The predicted molar refractivity (Wildman–Crippen MR) is 76.1 cm³/mol. The summed E-state index contributed by atoms with van der Waals surface area (Å²) in [6.45, 7) is 11.0. The van der Waals surface area contributed by atoms with E-state index >= 15 is 0 Å². The molecule has 2 atom stereocenters. The average Bonchev–Trinajstić information content (AvgIpc) is 2.23. The first-order chi connectivity index (χ1) is 8.66. The van der Waals surface area contributed by atoms with Crippen molar-refractivity contribution < 1.29 is 14.7 Å². The molecule has 0 aliphatic rings. The summed E-state index contributed by atoms with van der Waals surface area (Å²) in [5.74, 6) is -0.538. The van der Waals surface area contributed by atoms with Crippen molar-refractivity contribution in [2.75, 3.05) is 6.54 Å². The second-order valence-corrected chi connectivity index (χ2v) is 6.20. The van der Waals surface area contributed by atoms with Crippen molar-refractivity contribution in [3.63, 3.8) is 0 Å². The largest absolute Gasteiger partial charge is 0.481 e. The molecular weight excluding hydrogens is 244 g/mol. The summed E-state index contributed by atoms with van der Waals surface area (Å²) in [6.07, 6.45) is 1.49. The van der Waals surface area contributed by atoms with Crippen LogP contribution in [0.3, 0.4) is 0 Å². The maximum absolute atomic E-state index is 11.7. The molecule has 19 heavy (non-hydrogen) atoms. The standard InChI is InChI=1S/C14H28N2O3/c1-6-7-11(8-12(17)18)16-13(19)15-9-10(2)14(3,4)5/h10-11H,6-9H2,1-5H3,(H,17,18)(H2,15,16,19). The molecule has 0 aromatic carbocycles. The second kappa shape index (κ2) is 8.02. The van der Waals surface area contributed by atoms with E-state index in [0.717, 1.165) is 6.42 Å². The Morgan fingerprint density at radius 1 is 1.26 bits per heavy atom. The fourth-order valence-corrected chi connectivity index (χ4v) is 1.57. The molecule has 2 amide bonds. The highest BCUT2D eigenvalue weighted by atomic mass is 16.4. The molecule has 0 saturated heterocycles. The van der Waals surface area contributed by atoms with Crippen LogP contribution in [0.2, 0.25) is 0 Å². The minimum Gasteiger partial charge on any atom is -0.481 e. The van der Waals surface area contributed by atoms with E-state index in [9.17, 15) is 9.59 Å². The number of amides is 2. The van der Waals surface area contributed by atoms with Gasteiger partial charge in [-0.2, -0.15) is 0 Å². The minimum atomic E-state index is -0.887. The van der Waals surface area contributed by atoms with Crippen molar-refractivity contribution in [1.82, 2.24) is 10.6 Å². The number of aliphatic carboxylic acids is 1. The van der Waals surface area contributed by atoms with Crippen molar-refractivity contribution in [3.05, 3.63) is 0 Å². The Bertz CT molecular complexity index is 298. The Labute approximate surface area is 116 Å². The lowest BCUT2D eigenvalue weighted by atomic mass is 9.82. The third kappa shape index (κ3) is 8.46. The van der Waals surface area contributed by atoms with Crippen LogP contribution >= 0.6 is 0 Å². The van der Waals surface area contributed by atoms with Gasteiger partial charge in [0.25, 0.3) is 0 Å². The van der Waals surface area contributed by atoms with Gasteiger partial charge in [0, 0.05) is 12.6 Å². The number of carboxylic acid groups (broad SMARTS) is 1. The molecule has 0 heterocycles. The summed E-state index contributed by atoms with van der Waals surface area (Å²) in [4.78, 5) is 22.4. The number of carbonyl (C=O) groups is 2. The minimum absolute atomic E-state index is 0.0317. The van der Waals surface area contributed by atoms with Crippen LogP contribution in [0.4, 0.5) is 4.79 Å². The third-order valence-electron chi connectivity index (χ3n) is 3.44. The maximum Gasteiger partial charge on any atom is 0.315 e. The Morgan fingerprint density at radius 3 is 2.26 bits per heavy atom. The van der Waals surface area contributed by atoms with Crippen molar-refractivity contribution in [1.29, 1.82) is 0 Å². The highest BCUT2D eigenvalue weighted by Crippen LogP contribution is 2.24. The normalized spacial score (nSPS) is 14.6. The topological polar surface area (TPSA) is 78.4 Å². The van der Waals surface area contributed by atoms with Gasteiger partial charge >= 0.3 is 12.0 Å². The molecule has 5 heteroatoms. The zero-order chi connectivity index (χ0) is 15.1. The van der Waals surface area contributed by atoms with Crippen LogP contribution in [-0.2, 0) is 4.79 Å². The van der Waals surface area contributed by atoms with Gasteiger partial charge in [0.05, 0.1) is 6.42 Å². The zero-order valence-electron chi connectivity index (χ0n) is 12.7. The fraction of sp³-hybridized carbons (Fsp3) is 0.857. The molecule has 0 aliphatic heterocycles. The van der Waals surface area contributed by atoms with E-state index in [4.69, 9.17) is 5.11 Å². The highest BCUT2D eigenvalue weighted by Gasteiger charge is 2.21. The van der Waals surface area contributed by atoms with Crippen molar-refractivity contribution in [3.8, 4) is 0 Å². The fourth-order valence-electron chi connectivity index (χ4n) is 1.57. The maximum atomic E-state index is 11.7. The first kappa shape index (κ1) is 17.7. The third-order valence-corrected chi connectivity index (χ3v) is 3.44. The molecule has 0 spiro atoms. The molecule has 0 rings (SSSR count). The molecule has 0 aliphatic carbocycles. The molecule has 0 radical (unpaired) electrons. The van der Waals surface area contributed by atoms with Crippen LogP contribution in [0.5, 0.6) is 0 Å². The van der Waals surface area contributed by atoms with Crippen molar-refractivity contribution in [2.24, 2.45) is 11.3 Å². The van der Waals surface area contributed by atoms with Gasteiger partial charge in [0.15, 0.2) is 0 Å². The number of carbonyl (C=O) groups excluding carboxylic acids is 1. The SMILES string of the molecule is CCCC(CC(=O)O)NC(=O)NCC(C)C(C)(C)C. The molecule has 2 unspecified atom stereocenters. The molecule has 0 fully saturated rings. The lowest BCUT2D eigenvalue weighted by Crippen LogP contribution is -2.45. The van der Waals surface area contributed by atoms with Crippen LogP contribution < -0.4 is 10.6 Å². The number of nitrogens with one attached hydrogen (secondary N) is 2. The first-order valence-electron chi connectivity index (χ1n) is 6.93. The van der Waals surface area contributed by atoms with Gasteiger partial charge in [-0.1, -0.05) is 41.0 Å². The number of rotatable bonds is 7. The Kier molecular flexibility index (Phi) is 7.49. The van der Waals surface area contributed by atoms with Crippen LogP contribution in [0.25, 0.3) is 0 Å². The Balaban J connectivity index is 4.16. The van der Waals surface area contributed by atoms with Gasteiger partial charge in [-0.05, 0) is 17.8 Å². The van der Waals surface area contributed by atoms with E-state index in [-0.39, 0.29) is 23.9 Å². The zero-order valence-corrected chi connectivity index (χ0v) is 12.7. The molecular formula is C14H28N2O3. The van der Waals surface area contributed by atoms with Crippen LogP contribution in [0.15, 0.2) is 0 Å². The summed E-state index contributed by atoms with van der Waals surface area (Å²) < 4.78 is 0. The second-order valence-electron chi connectivity index (χ2n) is 6.20.